The van der Waals surface area contributed by atoms with Crippen molar-refractivity contribution in [1.82, 2.24) is 14.1 Å². The average molecular weight is 288 g/mol. The Morgan fingerprint density at radius 3 is 3.05 bits per heavy atom. The fourth-order valence-electron chi connectivity index (χ4n) is 2.00. The monoisotopic (exact) mass is 288 g/mol. The molecule has 0 aliphatic rings. The molecule has 2 N–H and O–H groups in total. The zero-order valence-electron chi connectivity index (χ0n) is 19.9. The molecular formula is C14H21N3O3. The van der Waals surface area contributed by atoms with E-state index < -0.39 is 50.5 Å². The smallest absolute Gasteiger partial charge is 0.332 e. The lowest BCUT2D eigenvalue weighted by Gasteiger charge is -2.09. The van der Waals surface area contributed by atoms with E-state index in [1.807, 2.05) is 0 Å². The number of hydrogen-bond donors (Lipinski definition) is 2. The third-order valence-corrected chi connectivity index (χ3v) is 2.98. The molecule has 0 aliphatic heterocycles. The minimum atomic E-state index is -2.94. The summed E-state index contributed by atoms with van der Waals surface area (Å²) < 4.78 is 68.4. The predicted molar refractivity (Wildman–Crippen MR) is 78.1 cm³/mol. The first-order valence-corrected chi connectivity index (χ1v) is 6.03. The van der Waals surface area contributed by atoms with Crippen LogP contribution in [-0.2, 0) is 13.5 Å². The van der Waals surface area contributed by atoms with Gasteiger partial charge in [0.15, 0.2) is 0 Å². The maximum atomic E-state index is 12.7. The Hall–Kier alpha value is -1.82. The van der Waals surface area contributed by atoms with Crippen LogP contribution in [0.5, 0.6) is 0 Å². The van der Waals surface area contributed by atoms with Gasteiger partial charge in [-0.3, -0.25) is 13.9 Å². The van der Waals surface area contributed by atoms with Crippen LogP contribution in [0.25, 0.3) is 11.0 Å². The van der Waals surface area contributed by atoms with Gasteiger partial charge >= 0.3 is 5.69 Å². The first-order chi connectivity index (χ1) is 13.0. The molecule has 0 radical (unpaired) electrons. The molecule has 0 saturated carbocycles. The fourth-order valence-corrected chi connectivity index (χ4v) is 2.00. The third kappa shape index (κ3) is 2.56. The number of aromatic amines is 1. The van der Waals surface area contributed by atoms with Crippen molar-refractivity contribution < 1.29 is 17.4 Å². The Kier molecular flexibility index (Phi) is 1.91. The van der Waals surface area contributed by atoms with E-state index in [9.17, 15) is 14.7 Å². The zero-order chi connectivity index (χ0) is 22.5. The predicted octanol–water partition coefficient (Wildman–Crippen LogP) is 0.888. The summed E-state index contributed by atoms with van der Waals surface area (Å²) in [5, 5.41) is 9.54. The van der Waals surface area contributed by atoms with Gasteiger partial charge in [-0.2, -0.15) is 0 Å². The van der Waals surface area contributed by atoms with Crippen LogP contribution in [0.1, 0.15) is 44.0 Å². The van der Waals surface area contributed by atoms with Crippen molar-refractivity contribution >= 4 is 11.0 Å². The Bertz CT molecular complexity index is 1030. The van der Waals surface area contributed by atoms with Crippen molar-refractivity contribution in [2.45, 2.75) is 45.6 Å². The second-order valence-corrected chi connectivity index (χ2v) is 4.38. The molecule has 0 aliphatic carbocycles. The van der Waals surface area contributed by atoms with Gasteiger partial charge in [0.05, 0.1) is 12.9 Å². The summed E-state index contributed by atoms with van der Waals surface area (Å²) >= 11 is 0. The number of aliphatic hydroxyl groups is 1. The lowest BCUT2D eigenvalue weighted by Crippen LogP contribution is -2.39. The van der Waals surface area contributed by atoms with Crippen molar-refractivity contribution in [2.24, 2.45) is 6.98 Å². The van der Waals surface area contributed by atoms with Crippen molar-refractivity contribution in [3.05, 3.63) is 32.6 Å². The summed E-state index contributed by atoms with van der Waals surface area (Å²) in [6, 6.07) is 0. The molecule has 6 nitrogen and oxygen atoms in total. The number of H-pyrrole nitrogens is 1. The number of rotatable bonds is 5. The first-order valence-electron chi connectivity index (χ1n) is 10.5. The van der Waals surface area contributed by atoms with E-state index in [2.05, 4.69) is 4.98 Å². The van der Waals surface area contributed by atoms with Gasteiger partial charge in [-0.25, -0.2) is 4.79 Å². The molecule has 6 heteroatoms. The molecule has 0 saturated heterocycles. The van der Waals surface area contributed by atoms with E-state index in [1.165, 1.54) is 6.92 Å². The van der Waals surface area contributed by atoms with Crippen LogP contribution in [0, 0.1) is 6.92 Å². The van der Waals surface area contributed by atoms with E-state index >= 15 is 0 Å². The maximum Gasteiger partial charge on any atom is 0.332 e. The molecule has 1 unspecified atom stereocenters. The highest BCUT2D eigenvalue weighted by molar-refractivity contribution is 5.78. The van der Waals surface area contributed by atoms with E-state index in [0.29, 0.717) is 9.13 Å². The topological polar surface area (TPSA) is 80.0 Å². The molecule has 2 rings (SSSR count). The minimum Gasteiger partial charge on any atom is -0.393 e. The molecule has 1 atom stereocenters. The van der Waals surface area contributed by atoms with Crippen molar-refractivity contribution in [2.75, 3.05) is 0 Å². The summed E-state index contributed by atoms with van der Waals surface area (Å²) in [6.07, 6.45) is -5.69. The molecule has 0 amide bonds. The number of aromatic nitrogens is 3. The summed E-state index contributed by atoms with van der Waals surface area (Å²) in [6.45, 7) is -4.86. The molecule has 20 heavy (non-hydrogen) atoms. The van der Waals surface area contributed by atoms with Gasteiger partial charge in [0.25, 0.3) is 5.56 Å². The van der Waals surface area contributed by atoms with Gasteiger partial charge in [-0.1, -0.05) is 0 Å². The molecule has 0 spiro atoms. The quantitative estimate of drug-likeness (QED) is 0.857. The molecule has 2 aromatic heterocycles. The van der Waals surface area contributed by atoms with Gasteiger partial charge < -0.3 is 10.1 Å². The highest BCUT2D eigenvalue weighted by atomic mass is 16.3. The molecule has 2 aromatic rings. The number of hydrogen-bond acceptors (Lipinski definition) is 3. The Morgan fingerprint density at radius 1 is 1.55 bits per heavy atom. The highest BCUT2D eigenvalue weighted by Gasteiger charge is 2.13. The van der Waals surface area contributed by atoms with Crippen LogP contribution >= 0.6 is 0 Å². The summed E-state index contributed by atoms with van der Waals surface area (Å²) in [4.78, 5) is 27.8. The molecule has 0 bridgehead atoms. The van der Waals surface area contributed by atoms with E-state index in [0.717, 1.165) is 0 Å². The van der Waals surface area contributed by atoms with Gasteiger partial charge in [-0.05, 0) is 38.6 Å². The van der Waals surface area contributed by atoms with Crippen LogP contribution in [0.15, 0.2) is 15.8 Å². The third-order valence-electron chi connectivity index (χ3n) is 2.98. The summed E-state index contributed by atoms with van der Waals surface area (Å²) in [5.41, 5.74) is -2.15. The molecular weight excluding hydrogens is 258 g/mol. The van der Waals surface area contributed by atoms with Gasteiger partial charge in [0, 0.05) is 30.7 Å². The highest BCUT2D eigenvalue weighted by Crippen LogP contribution is 2.10. The SMILES string of the molecule is [2H]c1[nH]c2c(c1C)c(=O)n(CCCC([2H])([2H])C(O)C([2H])([2H])[2H])c(=O)n2C([2H])([2H])[2H]. The molecule has 0 fully saturated rings. The molecule has 0 aromatic carbocycles. The zero-order valence-corrected chi connectivity index (χ0v) is 10.9. The van der Waals surface area contributed by atoms with Crippen LogP contribution in [0.4, 0.5) is 0 Å². The van der Waals surface area contributed by atoms with Crippen molar-refractivity contribution in [3.8, 4) is 0 Å². The number of nitrogens with zero attached hydrogens (tertiary/aromatic N) is 2. The van der Waals surface area contributed by atoms with Gasteiger partial charge in [0.1, 0.15) is 5.65 Å². The van der Waals surface area contributed by atoms with E-state index in [-0.39, 0.29) is 29.2 Å². The van der Waals surface area contributed by atoms with Crippen LogP contribution in [-0.4, -0.2) is 25.3 Å². The normalized spacial score (nSPS) is 21.6. The van der Waals surface area contributed by atoms with Gasteiger partial charge in [-0.15, -0.1) is 0 Å². The Morgan fingerprint density at radius 2 is 2.35 bits per heavy atom. The average Bonchev–Trinajstić information content (AvgIpc) is 2.82. The number of fused-ring (bicyclic) bond motifs is 1. The Balaban J connectivity index is 2.48. The standard InChI is InChI=1S/C14H21N3O3/c1-9-8-15-12-11(9)13(19)17(14(20)16(12)3)7-5-4-6-10(2)18/h8,10,15,18H,4-7H2,1-3H3/i2D3,3D3,6D2,8D. The summed E-state index contributed by atoms with van der Waals surface area (Å²) in [5.74, 6) is 0. The Labute approximate surface area is 129 Å². The fraction of sp³-hybridized carbons (Fsp3) is 0.571. The second-order valence-electron chi connectivity index (χ2n) is 4.38. The van der Waals surface area contributed by atoms with Crippen LogP contribution in [0.3, 0.4) is 0 Å². The number of aliphatic hydroxyl groups excluding tert-OH is 1. The maximum absolute atomic E-state index is 12.7. The second kappa shape index (κ2) is 5.66. The first kappa shape index (κ1) is 6.76. The van der Waals surface area contributed by atoms with Crippen molar-refractivity contribution in [1.29, 1.82) is 0 Å². The molecule has 110 valence electrons. The lowest BCUT2D eigenvalue weighted by molar-refractivity contribution is 0.180. The minimum absolute atomic E-state index is 0.142. The van der Waals surface area contributed by atoms with E-state index in [4.69, 9.17) is 12.3 Å². The van der Waals surface area contributed by atoms with Crippen molar-refractivity contribution in [3.63, 3.8) is 0 Å². The number of nitrogens with one attached hydrogen (secondary N) is 1. The van der Waals surface area contributed by atoms with E-state index in [1.54, 1.807) is 0 Å². The largest absolute Gasteiger partial charge is 0.393 e. The molecule has 2 heterocycles. The number of aryl methyl sites for hydroxylation is 2. The van der Waals surface area contributed by atoms with Gasteiger partial charge in [0.2, 0.25) is 0 Å². The van der Waals surface area contributed by atoms with Crippen LogP contribution in [0.2, 0.25) is 0 Å². The van der Waals surface area contributed by atoms with Crippen LogP contribution < -0.4 is 11.2 Å². The lowest BCUT2D eigenvalue weighted by atomic mass is 10.2. The summed E-state index contributed by atoms with van der Waals surface area (Å²) in [7, 11) is 0.